The van der Waals surface area contributed by atoms with Crippen LogP contribution in [0.2, 0.25) is 5.02 Å². The Morgan fingerprint density at radius 3 is 2.50 bits per heavy atom. The number of methoxy groups -OCH3 is 2. The number of ether oxygens (including phenoxy) is 3. The van der Waals surface area contributed by atoms with Gasteiger partial charge in [0.1, 0.15) is 24.6 Å². The molecular formula is C19H23ClN5O10P. The van der Waals surface area contributed by atoms with Gasteiger partial charge in [-0.05, 0) is 11.6 Å². The lowest BCUT2D eigenvalue weighted by molar-refractivity contribution is -0.0511. The molecule has 2 aromatic heterocycles. The Morgan fingerprint density at radius 1 is 1.17 bits per heavy atom. The largest absolute Gasteiger partial charge is 0.524 e. The highest BCUT2D eigenvalue weighted by atomic mass is 35.5. The van der Waals surface area contributed by atoms with E-state index in [1.807, 2.05) is 0 Å². The molecule has 0 aliphatic carbocycles. The first-order chi connectivity index (χ1) is 17.1. The standard InChI is InChI=1S/C19H23ClN5O10P/c1-32-15-9(35-36(29,30)31)3-8(11(20)16(15)33-2)4-21-17-12-18(23-6-22-17)25(7-24-12)19-14(28)13(27)10(5-26)34-19/h3,6-7,10,13-14,19,26-28H,4-5H2,1-2H3,(H,21,22,23)(H2,29,30,31)/t10-,13-,14-,19-/m1/s1. The summed E-state index contributed by atoms with van der Waals surface area (Å²) in [5, 5.41) is 32.9. The number of phosphoric acid groups is 1. The third-order valence-corrected chi connectivity index (χ3v) is 6.29. The van der Waals surface area contributed by atoms with Crippen molar-refractivity contribution in [2.24, 2.45) is 0 Å². The molecule has 1 aliphatic heterocycles. The van der Waals surface area contributed by atoms with Gasteiger partial charge < -0.3 is 39.4 Å². The zero-order valence-corrected chi connectivity index (χ0v) is 20.5. The molecule has 6 N–H and O–H groups in total. The molecule has 15 nitrogen and oxygen atoms in total. The van der Waals surface area contributed by atoms with Gasteiger partial charge in [-0.15, -0.1) is 0 Å². The highest BCUT2D eigenvalue weighted by molar-refractivity contribution is 7.46. The predicted octanol–water partition coefficient (Wildman–Crippen LogP) is 0.192. The van der Waals surface area contributed by atoms with Gasteiger partial charge in [-0.1, -0.05) is 11.6 Å². The lowest BCUT2D eigenvalue weighted by Gasteiger charge is -2.18. The molecule has 196 valence electrons. The first-order valence-electron chi connectivity index (χ1n) is 10.3. The maximum Gasteiger partial charge on any atom is 0.524 e. The van der Waals surface area contributed by atoms with E-state index in [9.17, 15) is 29.7 Å². The number of imidazole rings is 1. The molecule has 0 unspecified atom stereocenters. The third-order valence-electron chi connectivity index (χ3n) is 5.44. The van der Waals surface area contributed by atoms with Crippen LogP contribution in [0, 0.1) is 0 Å². The third kappa shape index (κ3) is 4.92. The van der Waals surface area contributed by atoms with Crippen LogP contribution < -0.4 is 19.3 Å². The molecule has 3 aromatic rings. The molecule has 1 aromatic carbocycles. The number of rotatable bonds is 9. The van der Waals surface area contributed by atoms with Crippen molar-refractivity contribution in [2.75, 3.05) is 26.1 Å². The van der Waals surface area contributed by atoms with Crippen molar-refractivity contribution < 1.29 is 48.4 Å². The zero-order valence-electron chi connectivity index (χ0n) is 18.8. The topological polar surface area (TPSA) is 211 Å². The molecule has 0 spiro atoms. The van der Waals surface area contributed by atoms with Gasteiger partial charge in [0.2, 0.25) is 5.75 Å². The molecule has 17 heteroatoms. The summed E-state index contributed by atoms with van der Waals surface area (Å²) in [6, 6.07) is 1.28. The minimum atomic E-state index is -4.92. The van der Waals surface area contributed by atoms with E-state index in [0.717, 1.165) is 0 Å². The molecule has 0 bridgehead atoms. The summed E-state index contributed by atoms with van der Waals surface area (Å²) < 4.78 is 33.5. The summed E-state index contributed by atoms with van der Waals surface area (Å²) in [4.78, 5) is 31.1. The van der Waals surface area contributed by atoms with Crippen molar-refractivity contribution in [1.29, 1.82) is 0 Å². The van der Waals surface area contributed by atoms with E-state index in [0.29, 0.717) is 11.1 Å². The highest BCUT2D eigenvalue weighted by Gasteiger charge is 2.44. The maximum atomic E-state index is 11.4. The summed E-state index contributed by atoms with van der Waals surface area (Å²) >= 11 is 6.43. The zero-order chi connectivity index (χ0) is 26.2. The van der Waals surface area contributed by atoms with Crippen molar-refractivity contribution in [3.63, 3.8) is 0 Å². The summed E-state index contributed by atoms with van der Waals surface area (Å²) in [6.45, 7) is -0.494. The van der Waals surface area contributed by atoms with Gasteiger partial charge in [-0.3, -0.25) is 14.4 Å². The summed E-state index contributed by atoms with van der Waals surface area (Å²) in [6.07, 6.45) is -2.06. The van der Waals surface area contributed by atoms with Crippen LogP contribution in [0.1, 0.15) is 11.8 Å². The number of halogens is 1. The number of aliphatic hydroxyl groups is 3. The van der Waals surface area contributed by atoms with Crippen LogP contribution >= 0.6 is 19.4 Å². The van der Waals surface area contributed by atoms with E-state index in [1.54, 1.807) is 0 Å². The number of hydrogen-bond acceptors (Lipinski definition) is 12. The van der Waals surface area contributed by atoms with Crippen LogP contribution in [0.3, 0.4) is 0 Å². The van der Waals surface area contributed by atoms with Crippen molar-refractivity contribution in [3.8, 4) is 17.2 Å². The molecule has 0 amide bonds. The van der Waals surface area contributed by atoms with Gasteiger partial charge in [0.15, 0.2) is 34.7 Å². The fourth-order valence-electron chi connectivity index (χ4n) is 3.80. The van der Waals surface area contributed by atoms with Gasteiger partial charge in [-0.25, -0.2) is 19.5 Å². The monoisotopic (exact) mass is 547 g/mol. The van der Waals surface area contributed by atoms with Crippen LogP contribution in [0.4, 0.5) is 5.82 Å². The quantitative estimate of drug-likeness (QED) is 0.197. The van der Waals surface area contributed by atoms with Crippen LogP contribution in [0.15, 0.2) is 18.7 Å². The van der Waals surface area contributed by atoms with Crippen LogP contribution in [0.25, 0.3) is 11.2 Å². The Bertz CT molecular complexity index is 1300. The number of nitrogens with one attached hydrogen (secondary N) is 1. The van der Waals surface area contributed by atoms with E-state index in [2.05, 4.69) is 20.3 Å². The van der Waals surface area contributed by atoms with Crippen molar-refractivity contribution >= 4 is 36.4 Å². The second-order valence-electron chi connectivity index (χ2n) is 7.62. The lowest BCUT2D eigenvalue weighted by Crippen LogP contribution is -2.33. The van der Waals surface area contributed by atoms with Crippen LogP contribution in [-0.2, 0) is 15.8 Å². The Kier molecular flexibility index (Phi) is 7.54. The van der Waals surface area contributed by atoms with Gasteiger partial charge in [0.25, 0.3) is 0 Å². The lowest BCUT2D eigenvalue weighted by atomic mass is 10.1. The number of phosphoric ester groups is 1. The molecule has 36 heavy (non-hydrogen) atoms. The number of aromatic nitrogens is 4. The summed E-state index contributed by atoms with van der Waals surface area (Å²) in [5.41, 5.74) is 0.886. The molecule has 1 aliphatic rings. The molecule has 3 heterocycles. The Hall–Kier alpha value is -2.75. The average molecular weight is 548 g/mol. The van der Waals surface area contributed by atoms with Crippen LogP contribution in [-0.4, -0.2) is 83.8 Å². The minimum absolute atomic E-state index is 0.00314. The van der Waals surface area contributed by atoms with Crippen molar-refractivity contribution in [2.45, 2.75) is 31.1 Å². The molecular weight excluding hydrogens is 525 g/mol. The van der Waals surface area contributed by atoms with E-state index in [4.69, 9.17) is 30.3 Å². The van der Waals surface area contributed by atoms with Gasteiger partial charge in [0, 0.05) is 6.54 Å². The number of anilines is 1. The fraction of sp³-hybridized carbons (Fsp3) is 0.421. The van der Waals surface area contributed by atoms with Gasteiger partial charge in [-0.2, -0.15) is 0 Å². The molecule has 0 radical (unpaired) electrons. The Balaban J connectivity index is 1.65. The Labute approximate surface area is 208 Å². The first-order valence-corrected chi connectivity index (χ1v) is 12.2. The molecule has 4 rings (SSSR count). The molecule has 4 atom stereocenters. The first kappa shape index (κ1) is 26.3. The van der Waals surface area contributed by atoms with E-state index < -0.39 is 39.0 Å². The maximum absolute atomic E-state index is 11.4. The molecule has 0 saturated carbocycles. The number of nitrogens with zero attached hydrogens (tertiary/aromatic N) is 4. The second kappa shape index (κ2) is 10.3. The van der Waals surface area contributed by atoms with Crippen molar-refractivity contribution in [1.82, 2.24) is 19.5 Å². The van der Waals surface area contributed by atoms with Crippen molar-refractivity contribution in [3.05, 3.63) is 29.3 Å². The fourth-order valence-corrected chi connectivity index (χ4v) is 4.48. The molecule has 1 fully saturated rings. The number of benzene rings is 1. The smallest absolute Gasteiger partial charge is 0.491 e. The van der Waals surface area contributed by atoms with Gasteiger partial charge in [0.05, 0.1) is 32.2 Å². The van der Waals surface area contributed by atoms with E-state index in [1.165, 1.54) is 37.5 Å². The number of hydrogen-bond donors (Lipinski definition) is 6. The van der Waals surface area contributed by atoms with E-state index in [-0.39, 0.29) is 40.3 Å². The summed E-state index contributed by atoms with van der Waals surface area (Å²) in [5.74, 6) is -0.126. The average Bonchev–Trinajstić information content (AvgIpc) is 3.38. The second-order valence-corrected chi connectivity index (χ2v) is 9.17. The highest BCUT2D eigenvalue weighted by Crippen LogP contribution is 2.49. The predicted molar refractivity (Wildman–Crippen MR) is 123 cm³/mol. The summed E-state index contributed by atoms with van der Waals surface area (Å²) in [7, 11) is -2.36. The molecule has 1 saturated heterocycles. The number of aliphatic hydroxyl groups excluding tert-OH is 3. The van der Waals surface area contributed by atoms with Gasteiger partial charge >= 0.3 is 7.82 Å². The Morgan fingerprint density at radius 2 is 1.89 bits per heavy atom. The van der Waals surface area contributed by atoms with E-state index >= 15 is 0 Å². The minimum Gasteiger partial charge on any atom is -0.491 e. The normalized spacial score (nSPS) is 22.1. The van der Waals surface area contributed by atoms with Crippen LogP contribution in [0.5, 0.6) is 17.2 Å². The SMILES string of the molecule is COc1c(OP(=O)(O)O)cc(CNc2ncnc3c2ncn3[C@@H]2O[C@H](CO)[C@@H](O)[C@H]2O)c(Cl)c1OC. The number of fused-ring (bicyclic) bond motifs is 1.